The van der Waals surface area contributed by atoms with Crippen molar-refractivity contribution in [1.29, 1.82) is 0 Å². The van der Waals surface area contributed by atoms with E-state index in [0.29, 0.717) is 25.9 Å². The summed E-state index contributed by atoms with van der Waals surface area (Å²) in [7, 11) is 0. The molecule has 0 radical (unpaired) electrons. The Bertz CT molecular complexity index is 1450. The Labute approximate surface area is 223 Å². The number of benzene rings is 4. The molecule has 0 spiro atoms. The fourth-order valence-electron chi connectivity index (χ4n) is 7.44. The molecule has 2 saturated heterocycles. The maximum absolute atomic E-state index is 13.6. The second-order valence-corrected chi connectivity index (χ2v) is 11.4. The molecule has 1 aliphatic carbocycles. The van der Waals surface area contributed by atoms with Crippen molar-refractivity contribution in [3.63, 3.8) is 0 Å². The van der Waals surface area contributed by atoms with Crippen LogP contribution in [0.3, 0.4) is 0 Å². The van der Waals surface area contributed by atoms with Crippen LogP contribution in [0.5, 0.6) is 0 Å². The number of carbonyl (C=O) groups is 1. The first-order valence-corrected chi connectivity index (χ1v) is 13.9. The molecule has 1 amide bonds. The molecule has 7 rings (SSSR count). The lowest BCUT2D eigenvalue weighted by Crippen LogP contribution is -2.60. The highest BCUT2D eigenvalue weighted by molar-refractivity contribution is 5.85. The summed E-state index contributed by atoms with van der Waals surface area (Å²) in [5.74, 6) is 0.0549. The molecule has 38 heavy (non-hydrogen) atoms. The van der Waals surface area contributed by atoms with Gasteiger partial charge in [-0.25, -0.2) is 4.79 Å². The molecule has 192 valence electrons. The van der Waals surface area contributed by atoms with Gasteiger partial charge in [-0.2, -0.15) is 0 Å². The first-order valence-electron chi connectivity index (χ1n) is 13.9. The summed E-state index contributed by atoms with van der Waals surface area (Å²) in [6.45, 7) is 0.336. The van der Waals surface area contributed by atoms with Crippen molar-refractivity contribution in [2.24, 2.45) is 0 Å². The van der Waals surface area contributed by atoms with E-state index >= 15 is 0 Å². The Morgan fingerprint density at radius 3 is 2.13 bits per heavy atom. The van der Waals surface area contributed by atoms with Crippen LogP contribution in [0.15, 0.2) is 91.0 Å². The van der Waals surface area contributed by atoms with Gasteiger partial charge in [0.2, 0.25) is 0 Å². The van der Waals surface area contributed by atoms with Gasteiger partial charge in [0.25, 0.3) is 0 Å². The Morgan fingerprint density at radius 2 is 1.42 bits per heavy atom. The summed E-state index contributed by atoms with van der Waals surface area (Å²) in [6.07, 6.45) is 4.49. The van der Waals surface area contributed by atoms with Crippen molar-refractivity contribution in [2.75, 3.05) is 6.61 Å². The van der Waals surface area contributed by atoms with Crippen LogP contribution in [-0.4, -0.2) is 40.4 Å². The summed E-state index contributed by atoms with van der Waals surface area (Å²) in [6, 6.07) is 31.6. The quantitative estimate of drug-likeness (QED) is 0.324. The lowest BCUT2D eigenvalue weighted by molar-refractivity contribution is -0.0838. The van der Waals surface area contributed by atoms with E-state index in [0.717, 1.165) is 19.3 Å². The largest absolute Gasteiger partial charge is 0.448 e. The number of hydrogen-bond acceptors (Lipinski definition) is 3. The van der Waals surface area contributed by atoms with E-state index in [-0.39, 0.29) is 24.1 Å². The molecule has 2 heterocycles. The molecule has 2 atom stereocenters. The standard InChI is InChI=1S/C34H33NO3/c36-33(38-22-32-30-17-5-3-15-28(30)29-16-4-6-18-31(29)32)35-25-12-8-13-26(35)21-34(37,20-25)19-24-11-7-10-23-9-1-2-14-27(23)24/h1-7,9-11,14-18,25-26,32,37H,8,12-13,19-22H2. The number of amides is 1. The SMILES string of the molecule is O=C(OCC1c2ccccc2-c2ccccc21)N1C2CCCC1CC(O)(Cc1cccc3ccccc13)C2. The first kappa shape index (κ1) is 23.5. The number of nitrogens with zero attached hydrogens (tertiary/aromatic N) is 1. The predicted molar refractivity (Wildman–Crippen MR) is 150 cm³/mol. The zero-order valence-corrected chi connectivity index (χ0v) is 21.6. The Hall–Kier alpha value is -3.63. The van der Waals surface area contributed by atoms with Gasteiger partial charge < -0.3 is 14.7 Å². The molecule has 3 aliphatic rings. The van der Waals surface area contributed by atoms with Crippen molar-refractivity contribution in [3.8, 4) is 11.1 Å². The molecule has 0 saturated carbocycles. The van der Waals surface area contributed by atoms with E-state index in [2.05, 4.69) is 91.0 Å². The van der Waals surface area contributed by atoms with Crippen LogP contribution >= 0.6 is 0 Å². The average Bonchev–Trinajstić information content (AvgIpc) is 3.25. The van der Waals surface area contributed by atoms with Gasteiger partial charge in [0.15, 0.2) is 0 Å². The third-order valence-corrected chi connectivity index (χ3v) is 9.04. The van der Waals surface area contributed by atoms with Crippen molar-refractivity contribution in [2.45, 2.75) is 62.1 Å². The normalized spacial score (nSPS) is 24.2. The summed E-state index contributed by atoms with van der Waals surface area (Å²) in [5, 5.41) is 14.2. The minimum Gasteiger partial charge on any atom is -0.448 e. The first-order chi connectivity index (χ1) is 18.6. The van der Waals surface area contributed by atoms with Gasteiger partial charge in [-0.15, -0.1) is 0 Å². The molecular formula is C34H33NO3. The second-order valence-electron chi connectivity index (χ2n) is 11.4. The molecule has 1 N–H and O–H groups in total. The number of hydrogen-bond donors (Lipinski definition) is 1. The van der Waals surface area contributed by atoms with Gasteiger partial charge in [-0.05, 0) is 70.7 Å². The number of carbonyl (C=O) groups excluding carboxylic acids is 1. The van der Waals surface area contributed by atoms with E-state index in [1.165, 1.54) is 38.6 Å². The molecule has 2 fully saturated rings. The van der Waals surface area contributed by atoms with Crippen LogP contribution in [-0.2, 0) is 11.2 Å². The molecule has 0 aromatic heterocycles. The number of ether oxygens (including phenoxy) is 1. The summed E-state index contributed by atoms with van der Waals surface area (Å²) in [5.41, 5.74) is 5.28. The maximum atomic E-state index is 13.6. The van der Waals surface area contributed by atoms with E-state index in [9.17, 15) is 9.90 Å². The smallest absolute Gasteiger partial charge is 0.410 e. The minimum absolute atomic E-state index is 0.0122. The molecule has 2 aliphatic heterocycles. The van der Waals surface area contributed by atoms with Crippen LogP contribution in [0.4, 0.5) is 4.79 Å². The van der Waals surface area contributed by atoms with Gasteiger partial charge >= 0.3 is 6.09 Å². The second kappa shape index (κ2) is 9.28. The van der Waals surface area contributed by atoms with Gasteiger partial charge in [0.1, 0.15) is 6.61 Å². The molecule has 2 bridgehead atoms. The van der Waals surface area contributed by atoms with Crippen molar-refractivity contribution >= 4 is 16.9 Å². The van der Waals surface area contributed by atoms with Gasteiger partial charge in [0.05, 0.1) is 5.60 Å². The topological polar surface area (TPSA) is 49.8 Å². The van der Waals surface area contributed by atoms with Crippen molar-refractivity contribution < 1.29 is 14.6 Å². The Balaban J connectivity index is 1.08. The van der Waals surface area contributed by atoms with Crippen LogP contribution in [0, 0.1) is 0 Å². The fraction of sp³-hybridized carbons (Fsp3) is 0.324. The van der Waals surface area contributed by atoms with Gasteiger partial charge in [-0.1, -0.05) is 91.0 Å². The number of rotatable bonds is 4. The average molecular weight is 504 g/mol. The maximum Gasteiger partial charge on any atom is 0.410 e. The molecule has 2 unspecified atom stereocenters. The summed E-state index contributed by atoms with van der Waals surface area (Å²) >= 11 is 0. The Kier molecular flexibility index (Phi) is 5.74. The van der Waals surface area contributed by atoms with Gasteiger partial charge in [0, 0.05) is 24.4 Å². The molecule has 4 heteroatoms. The number of fused-ring (bicyclic) bond motifs is 6. The highest BCUT2D eigenvalue weighted by atomic mass is 16.6. The molecule has 4 nitrogen and oxygen atoms in total. The lowest BCUT2D eigenvalue weighted by Gasteiger charge is -2.51. The van der Waals surface area contributed by atoms with Crippen LogP contribution in [0.25, 0.3) is 21.9 Å². The van der Waals surface area contributed by atoms with Crippen LogP contribution < -0.4 is 0 Å². The van der Waals surface area contributed by atoms with Crippen molar-refractivity contribution in [1.82, 2.24) is 4.90 Å². The summed E-state index contributed by atoms with van der Waals surface area (Å²) in [4.78, 5) is 15.5. The number of piperidine rings is 2. The zero-order chi connectivity index (χ0) is 25.7. The summed E-state index contributed by atoms with van der Waals surface area (Å²) < 4.78 is 6.06. The third kappa shape index (κ3) is 3.99. The molecule has 4 aromatic carbocycles. The van der Waals surface area contributed by atoms with Crippen LogP contribution in [0.1, 0.15) is 54.7 Å². The lowest BCUT2D eigenvalue weighted by atomic mass is 9.73. The van der Waals surface area contributed by atoms with E-state index in [4.69, 9.17) is 4.74 Å². The molecule has 4 aromatic rings. The highest BCUT2D eigenvalue weighted by Gasteiger charge is 2.48. The Morgan fingerprint density at radius 1 is 0.816 bits per heavy atom. The highest BCUT2D eigenvalue weighted by Crippen LogP contribution is 2.45. The van der Waals surface area contributed by atoms with E-state index in [1.807, 2.05) is 4.90 Å². The zero-order valence-electron chi connectivity index (χ0n) is 21.6. The predicted octanol–water partition coefficient (Wildman–Crippen LogP) is 7.08. The van der Waals surface area contributed by atoms with E-state index < -0.39 is 5.60 Å². The number of aliphatic hydroxyl groups is 1. The molecular weight excluding hydrogens is 470 g/mol. The minimum atomic E-state index is -0.819. The van der Waals surface area contributed by atoms with Gasteiger partial charge in [-0.3, -0.25) is 0 Å². The fourth-order valence-corrected chi connectivity index (χ4v) is 7.44. The van der Waals surface area contributed by atoms with Crippen LogP contribution in [0.2, 0.25) is 0 Å². The van der Waals surface area contributed by atoms with Crippen molar-refractivity contribution in [3.05, 3.63) is 108 Å². The van der Waals surface area contributed by atoms with E-state index in [1.54, 1.807) is 0 Å². The monoisotopic (exact) mass is 503 g/mol. The third-order valence-electron chi connectivity index (χ3n) is 9.04.